The first-order valence-electron chi connectivity index (χ1n) is 8.66. The van der Waals surface area contributed by atoms with Crippen molar-refractivity contribution >= 4 is 11.0 Å². The van der Waals surface area contributed by atoms with Gasteiger partial charge < -0.3 is 9.47 Å². The SMILES string of the molecule is Cc1cnc2c(c1)c1c(n2CCc2ccc(C#N)nc2)CCN(C)C1. The Morgan fingerprint density at radius 1 is 1.24 bits per heavy atom. The molecular weight excluding hydrogens is 310 g/mol. The maximum Gasteiger partial charge on any atom is 0.140 e. The van der Waals surface area contributed by atoms with Gasteiger partial charge in [0.05, 0.1) is 0 Å². The normalized spacial score (nSPS) is 14.4. The number of fused-ring (bicyclic) bond motifs is 3. The number of nitriles is 1. The molecule has 0 N–H and O–H groups in total. The Kier molecular flexibility index (Phi) is 3.98. The van der Waals surface area contributed by atoms with Crippen molar-refractivity contribution in [2.75, 3.05) is 13.6 Å². The minimum atomic E-state index is 0.465. The number of rotatable bonds is 3. The van der Waals surface area contributed by atoms with Crippen LogP contribution >= 0.6 is 0 Å². The molecule has 5 nitrogen and oxygen atoms in total. The Morgan fingerprint density at radius 3 is 2.88 bits per heavy atom. The fraction of sp³-hybridized carbons (Fsp3) is 0.350. The molecule has 0 atom stereocenters. The first kappa shape index (κ1) is 15.8. The van der Waals surface area contributed by atoms with E-state index < -0.39 is 0 Å². The number of likely N-dealkylation sites (N-methyl/N-ethyl adjacent to an activating group) is 1. The molecule has 0 aliphatic carbocycles. The summed E-state index contributed by atoms with van der Waals surface area (Å²) in [6.45, 7) is 5.06. The molecule has 1 aliphatic heterocycles. The van der Waals surface area contributed by atoms with E-state index in [1.165, 1.54) is 22.2 Å². The number of hydrogen-bond acceptors (Lipinski definition) is 4. The van der Waals surface area contributed by atoms with Gasteiger partial charge in [0.2, 0.25) is 0 Å². The molecule has 3 aromatic heterocycles. The van der Waals surface area contributed by atoms with Crippen LogP contribution in [0.3, 0.4) is 0 Å². The molecule has 3 aromatic rings. The van der Waals surface area contributed by atoms with Crippen molar-refractivity contribution in [3.8, 4) is 6.07 Å². The van der Waals surface area contributed by atoms with Crippen LogP contribution < -0.4 is 0 Å². The van der Waals surface area contributed by atoms with E-state index in [0.717, 1.165) is 43.7 Å². The summed E-state index contributed by atoms with van der Waals surface area (Å²) in [6.07, 6.45) is 5.71. The Hall–Kier alpha value is -2.71. The minimum Gasteiger partial charge on any atom is -0.329 e. The molecular formula is C20H21N5. The topological polar surface area (TPSA) is 57.7 Å². The van der Waals surface area contributed by atoms with E-state index in [2.05, 4.69) is 40.6 Å². The molecule has 0 fully saturated rings. The lowest BCUT2D eigenvalue weighted by atomic mass is 10.1. The van der Waals surface area contributed by atoms with Crippen LogP contribution in [0.25, 0.3) is 11.0 Å². The molecule has 25 heavy (non-hydrogen) atoms. The molecule has 0 saturated heterocycles. The Morgan fingerprint density at radius 2 is 2.12 bits per heavy atom. The van der Waals surface area contributed by atoms with Gasteiger partial charge in [-0.3, -0.25) is 0 Å². The number of nitrogens with zero attached hydrogens (tertiary/aromatic N) is 5. The van der Waals surface area contributed by atoms with Crippen LogP contribution in [0.4, 0.5) is 0 Å². The molecule has 4 heterocycles. The van der Waals surface area contributed by atoms with Gasteiger partial charge in [0, 0.05) is 49.5 Å². The van der Waals surface area contributed by atoms with Gasteiger partial charge in [-0.05, 0) is 49.2 Å². The average Bonchev–Trinajstić information content (AvgIpc) is 2.92. The van der Waals surface area contributed by atoms with Gasteiger partial charge in [-0.25, -0.2) is 9.97 Å². The summed E-state index contributed by atoms with van der Waals surface area (Å²) in [5, 5.41) is 10.2. The van der Waals surface area contributed by atoms with Gasteiger partial charge >= 0.3 is 0 Å². The Bertz CT molecular complexity index is 962. The molecule has 5 heteroatoms. The number of hydrogen-bond donors (Lipinski definition) is 0. The summed E-state index contributed by atoms with van der Waals surface area (Å²) in [5.74, 6) is 0. The summed E-state index contributed by atoms with van der Waals surface area (Å²) in [7, 11) is 2.18. The van der Waals surface area contributed by atoms with E-state index in [-0.39, 0.29) is 0 Å². The Balaban J connectivity index is 1.70. The third-order valence-corrected chi connectivity index (χ3v) is 4.98. The first-order valence-corrected chi connectivity index (χ1v) is 8.66. The van der Waals surface area contributed by atoms with Gasteiger partial charge in [0.1, 0.15) is 17.4 Å². The van der Waals surface area contributed by atoms with E-state index in [9.17, 15) is 0 Å². The van der Waals surface area contributed by atoms with Crippen LogP contribution in [0.1, 0.15) is 28.1 Å². The lowest BCUT2D eigenvalue weighted by molar-refractivity contribution is 0.309. The summed E-state index contributed by atoms with van der Waals surface area (Å²) in [5.41, 5.74) is 6.76. The quantitative estimate of drug-likeness (QED) is 0.740. The largest absolute Gasteiger partial charge is 0.329 e. The number of aryl methyl sites for hydroxylation is 3. The number of pyridine rings is 2. The molecule has 4 rings (SSSR count). The zero-order chi connectivity index (χ0) is 17.4. The molecule has 0 amide bonds. The van der Waals surface area contributed by atoms with Crippen LogP contribution in [-0.4, -0.2) is 33.0 Å². The van der Waals surface area contributed by atoms with Crippen molar-refractivity contribution in [3.63, 3.8) is 0 Å². The van der Waals surface area contributed by atoms with Crippen LogP contribution in [-0.2, 0) is 25.9 Å². The summed E-state index contributed by atoms with van der Waals surface area (Å²) in [4.78, 5) is 11.3. The summed E-state index contributed by atoms with van der Waals surface area (Å²) >= 11 is 0. The monoisotopic (exact) mass is 331 g/mol. The van der Waals surface area contributed by atoms with E-state index >= 15 is 0 Å². The minimum absolute atomic E-state index is 0.465. The third-order valence-electron chi connectivity index (χ3n) is 4.98. The molecule has 0 radical (unpaired) electrons. The second-order valence-corrected chi connectivity index (χ2v) is 6.86. The maximum absolute atomic E-state index is 8.87. The van der Waals surface area contributed by atoms with Gasteiger partial charge in [0.15, 0.2) is 0 Å². The lowest BCUT2D eigenvalue weighted by Crippen LogP contribution is -2.27. The highest BCUT2D eigenvalue weighted by molar-refractivity contribution is 5.83. The van der Waals surface area contributed by atoms with Crippen molar-refractivity contribution in [1.29, 1.82) is 5.26 Å². The van der Waals surface area contributed by atoms with Crippen LogP contribution in [0.2, 0.25) is 0 Å². The van der Waals surface area contributed by atoms with Gasteiger partial charge in [-0.1, -0.05) is 6.07 Å². The van der Waals surface area contributed by atoms with Crippen molar-refractivity contribution in [3.05, 3.63) is 58.7 Å². The molecule has 0 saturated carbocycles. The zero-order valence-corrected chi connectivity index (χ0v) is 14.7. The molecule has 0 spiro atoms. The Labute approximate surface area is 147 Å². The van der Waals surface area contributed by atoms with Crippen molar-refractivity contribution in [2.45, 2.75) is 32.9 Å². The molecule has 1 aliphatic rings. The molecule has 0 unspecified atom stereocenters. The van der Waals surface area contributed by atoms with Gasteiger partial charge in [-0.2, -0.15) is 5.26 Å². The summed E-state index contributed by atoms with van der Waals surface area (Å²) in [6, 6.07) is 8.11. The van der Waals surface area contributed by atoms with Crippen LogP contribution in [0.15, 0.2) is 30.6 Å². The lowest BCUT2D eigenvalue weighted by Gasteiger charge is -2.24. The fourth-order valence-electron chi connectivity index (χ4n) is 3.67. The number of aromatic nitrogens is 3. The molecule has 0 aromatic carbocycles. The van der Waals surface area contributed by atoms with E-state index in [0.29, 0.717) is 5.69 Å². The third kappa shape index (κ3) is 2.90. The van der Waals surface area contributed by atoms with Gasteiger partial charge in [-0.15, -0.1) is 0 Å². The van der Waals surface area contributed by atoms with Crippen molar-refractivity contribution in [1.82, 2.24) is 19.4 Å². The van der Waals surface area contributed by atoms with Crippen molar-refractivity contribution < 1.29 is 0 Å². The fourth-order valence-corrected chi connectivity index (χ4v) is 3.67. The summed E-state index contributed by atoms with van der Waals surface area (Å²) < 4.78 is 2.38. The second kappa shape index (κ2) is 6.30. The average molecular weight is 331 g/mol. The smallest absolute Gasteiger partial charge is 0.140 e. The second-order valence-electron chi connectivity index (χ2n) is 6.86. The first-order chi connectivity index (χ1) is 12.2. The molecule has 0 bridgehead atoms. The zero-order valence-electron chi connectivity index (χ0n) is 14.7. The van der Waals surface area contributed by atoms with Crippen LogP contribution in [0, 0.1) is 18.3 Å². The highest BCUT2D eigenvalue weighted by Crippen LogP contribution is 2.30. The predicted octanol–water partition coefficient (Wildman–Crippen LogP) is 2.84. The van der Waals surface area contributed by atoms with E-state index in [4.69, 9.17) is 10.2 Å². The highest BCUT2D eigenvalue weighted by atomic mass is 15.1. The van der Waals surface area contributed by atoms with Crippen molar-refractivity contribution in [2.24, 2.45) is 0 Å². The van der Waals surface area contributed by atoms with E-state index in [1.807, 2.05) is 18.5 Å². The molecule has 126 valence electrons. The standard InChI is InChI=1S/C20H21N5/c1-14-9-17-18-13-24(2)7-6-19(18)25(20(17)23-11-14)8-5-15-3-4-16(10-21)22-12-15/h3-4,9,11-12H,5-8,13H2,1-2H3. The predicted molar refractivity (Wildman–Crippen MR) is 97.2 cm³/mol. The van der Waals surface area contributed by atoms with Gasteiger partial charge in [0.25, 0.3) is 0 Å². The maximum atomic E-state index is 8.87. The van der Waals surface area contributed by atoms with E-state index in [1.54, 1.807) is 6.07 Å². The van der Waals surface area contributed by atoms with Crippen LogP contribution in [0.5, 0.6) is 0 Å². The highest BCUT2D eigenvalue weighted by Gasteiger charge is 2.23.